The number of rotatable bonds is 3. The highest BCUT2D eigenvalue weighted by atomic mass is 16.5. The molecule has 0 aliphatic heterocycles. The average molecular weight is 149 g/mol. The van der Waals surface area contributed by atoms with E-state index < -0.39 is 0 Å². The SMILES string of the molecule is C=C/C(OC#N)=C(/C)C(=C)C. The topological polar surface area (TPSA) is 33.0 Å². The van der Waals surface area contributed by atoms with E-state index >= 15 is 0 Å². The van der Waals surface area contributed by atoms with Gasteiger partial charge in [-0.05, 0) is 25.5 Å². The highest BCUT2D eigenvalue weighted by Gasteiger charge is 1.99. The predicted molar refractivity (Wildman–Crippen MR) is 44.4 cm³/mol. The quantitative estimate of drug-likeness (QED) is 0.351. The number of hydrogen-bond acceptors (Lipinski definition) is 2. The van der Waals surface area contributed by atoms with Crippen molar-refractivity contribution >= 4 is 0 Å². The van der Waals surface area contributed by atoms with E-state index in [4.69, 9.17) is 5.26 Å². The second-order valence-corrected chi connectivity index (χ2v) is 2.17. The van der Waals surface area contributed by atoms with Gasteiger partial charge in [0.2, 0.25) is 0 Å². The molecule has 0 aliphatic carbocycles. The maximum Gasteiger partial charge on any atom is 0.292 e. The van der Waals surface area contributed by atoms with Crippen LogP contribution in [0.3, 0.4) is 0 Å². The van der Waals surface area contributed by atoms with Crippen LogP contribution in [0.1, 0.15) is 13.8 Å². The van der Waals surface area contributed by atoms with Gasteiger partial charge in [0.1, 0.15) is 5.76 Å². The van der Waals surface area contributed by atoms with Gasteiger partial charge in [-0.2, -0.15) is 0 Å². The van der Waals surface area contributed by atoms with Gasteiger partial charge in [0.05, 0.1) is 0 Å². The van der Waals surface area contributed by atoms with E-state index in [1.54, 1.807) is 6.26 Å². The Morgan fingerprint density at radius 3 is 2.36 bits per heavy atom. The van der Waals surface area contributed by atoms with Crippen LogP contribution in [-0.2, 0) is 4.74 Å². The van der Waals surface area contributed by atoms with Crippen molar-refractivity contribution in [3.8, 4) is 6.26 Å². The lowest BCUT2D eigenvalue weighted by Crippen LogP contribution is -1.88. The fraction of sp³-hybridized carbons (Fsp3) is 0.222. The van der Waals surface area contributed by atoms with Crippen LogP contribution < -0.4 is 0 Å². The van der Waals surface area contributed by atoms with Gasteiger partial charge in [-0.25, -0.2) is 0 Å². The summed E-state index contributed by atoms with van der Waals surface area (Å²) in [7, 11) is 0. The van der Waals surface area contributed by atoms with Gasteiger partial charge in [-0.3, -0.25) is 0 Å². The first kappa shape index (κ1) is 9.51. The van der Waals surface area contributed by atoms with E-state index in [0.717, 1.165) is 11.1 Å². The molecule has 0 aromatic rings. The molecule has 2 nitrogen and oxygen atoms in total. The number of nitrogens with zero attached hydrogens (tertiary/aromatic N) is 1. The summed E-state index contributed by atoms with van der Waals surface area (Å²) < 4.78 is 4.62. The van der Waals surface area contributed by atoms with Crippen LogP contribution in [0.25, 0.3) is 0 Å². The second kappa shape index (κ2) is 4.35. The lowest BCUT2D eigenvalue weighted by atomic mass is 10.1. The van der Waals surface area contributed by atoms with Crippen LogP contribution in [0.4, 0.5) is 0 Å². The van der Waals surface area contributed by atoms with Crippen molar-refractivity contribution in [2.75, 3.05) is 0 Å². The molecule has 0 heterocycles. The van der Waals surface area contributed by atoms with Crippen LogP contribution in [0, 0.1) is 11.5 Å². The van der Waals surface area contributed by atoms with E-state index in [2.05, 4.69) is 17.9 Å². The van der Waals surface area contributed by atoms with E-state index in [9.17, 15) is 0 Å². The monoisotopic (exact) mass is 149 g/mol. The van der Waals surface area contributed by atoms with Crippen molar-refractivity contribution in [3.63, 3.8) is 0 Å². The van der Waals surface area contributed by atoms with Gasteiger partial charge in [0.25, 0.3) is 6.26 Å². The van der Waals surface area contributed by atoms with Crippen molar-refractivity contribution in [2.45, 2.75) is 13.8 Å². The molecule has 0 spiro atoms. The van der Waals surface area contributed by atoms with E-state index in [0.29, 0.717) is 5.76 Å². The molecule has 0 saturated heterocycles. The molecule has 2 heteroatoms. The van der Waals surface area contributed by atoms with Crippen molar-refractivity contribution in [3.05, 3.63) is 36.1 Å². The van der Waals surface area contributed by atoms with Gasteiger partial charge in [-0.15, -0.1) is 5.26 Å². The molecule has 0 N–H and O–H groups in total. The minimum atomic E-state index is 0.472. The Balaban J connectivity index is 4.70. The molecule has 0 amide bonds. The molecule has 0 saturated carbocycles. The van der Waals surface area contributed by atoms with Crippen LogP contribution in [0.15, 0.2) is 36.1 Å². The molecule has 58 valence electrons. The van der Waals surface area contributed by atoms with Crippen LogP contribution in [0.5, 0.6) is 0 Å². The summed E-state index contributed by atoms with van der Waals surface area (Å²) in [6, 6.07) is 0. The summed E-state index contributed by atoms with van der Waals surface area (Å²) in [5, 5.41) is 8.21. The summed E-state index contributed by atoms with van der Waals surface area (Å²) in [5.41, 5.74) is 1.72. The number of nitriles is 1. The Morgan fingerprint density at radius 2 is 2.09 bits per heavy atom. The molecule has 0 fully saturated rings. The number of ether oxygens (including phenoxy) is 1. The fourth-order valence-electron chi connectivity index (χ4n) is 0.531. The Labute approximate surface area is 67.1 Å². The van der Waals surface area contributed by atoms with Crippen LogP contribution in [-0.4, -0.2) is 0 Å². The van der Waals surface area contributed by atoms with Gasteiger partial charge in [0, 0.05) is 0 Å². The zero-order valence-corrected chi connectivity index (χ0v) is 6.85. The molecule has 0 aromatic heterocycles. The van der Waals surface area contributed by atoms with Crippen molar-refractivity contribution in [1.82, 2.24) is 0 Å². The minimum Gasteiger partial charge on any atom is -0.388 e. The molecule has 0 aliphatic rings. The zero-order chi connectivity index (χ0) is 8.85. The largest absolute Gasteiger partial charge is 0.388 e. The highest BCUT2D eigenvalue weighted by molar-refractivity contribution is 5.32. The van der Waals surface area contributed by atoms with Gasteiger partial charge >= 0.3 is 0 Å². The average Bonchev–Trinajstić information content (AvgIpc) is 1.98. The molecule has 0 bridgehead atoms. The Kier molecular flexibility index (Phi) is 3.76. The van der Waals surface area contributed by atoms with E-state index in [-0.39, 0.29) is 0 Å². The first-order chi connectivity index (χ1) is 5.13. The van der Waals surface area contributed by atoms with E-state index in [1.807, 2.05) is 13.8 Å². The van der Waals surface area contributed by atoms with E-state index in [1.165, 1.54) is 6.08 Å². The standard InChI is InChI=1S/C9H11NO/c1-5-9(11-6-10)8(4)7(2)3/h5H,1-2H2,3-4H3/b9-8+. The van der Waals surface area contributed by atoms with Crippen molar-refractivity contribution in [1.29, 1.82) is 5.26 Å². The molecular formula is C9H11NO. The normalized spacial score (nSPS) is 11.0. The third-order valence-corrected chi connectivity index (χ3v) is 1.35. The summed E-state index contributed by atoms with van der Waals surface area (Å²) >= 11 is 0. The maximum absolute atomic E-state index is 8.21. The Hall–Kier alpha value is -1.49. The first-order valence-electron chi connectivity index (χ1n) is 3.18. The van der Waals surface area contributed by atoms with Crippen molar-refractivity contribution in [2.24, 2.45) is 0 Å². The Morgan fingerprint density at radius 1 is 1.55 bits per heavy atom. The molecule has 0 radical (unpaired) electrons. The number of allylic oxidation sites excluding steroid dienone is 3. The molecule has 0 rings (SSSR count). The molecule has 11 heavy (non-hydrogen) atoms. The maximum atomic E-state index is 8.21. The second-order valence-electron chi connectivity index (χ2n) is 2.17. The van der Waals surface area contributed by atoms with Crippen molar-refractivity contribution < 1.29 is 4.74 Å². The van der Waals surface area contributed by atoms with Gasteiger partial charge in [-0.1, -0.05) is 18.7 Å². The third kappa shape index (κ3) is 2.72. The molecule has 0 unspecified atom stereocenters. The molecule has 0 atom stereocenters. The fourth-order valence-corrected chi connectivity index (χ4v) is 0.531. The first-order valence-corrected chi connectivity index (χ1v) is 3.18. The Bertz CT molecular complexity index is 243. The molecule has 0 aromatic carbocycles. The number of hydrogen-bond donors (Lipinski definition) is 0. The summed E-state index contributed by atoms with van der Waals surface area (Å²) in [6.07, 6.45) is 3.08. The van der Waals surface area contributed by atoms with Gasteiger partial charge in [0.15, 0.2) is 0 Å². The van der Waals surface area contributed by atoms with Crippen LogP contribution >= 0.6 is 0 Å². The summed E-state index contributed by atoms with van der Waals surface area (Å²) in [5.74, 6) is 0.472. The molecular weight excluding hydrogens is 138 g/mol. The summed E-state index contributed by atoms with van der Waals surface area (Å²) in [6.45, 7) is 10.9. The summed E-state index contributed by atoms with van der Waals surface area (Å²) in [4.78, 5) is 0. The van der Waals surface area contributed by atoms with Crippen LogP contribution in [0.2, 0.25) is 0 Å². The smallest absolute Gasteiger partial charge is 0.292 e. The highest BCUT2D eigenvalue weighted by Crippen LogP contribution is 2.13. The predicted octanol–water partition coefficient (Wildman–Crippen LogP) is 2.52. The zero-order valence-electron chi connectivity index (χ0n) is 6.85. The lowest BCUT2D eigenvalue weighted by Gasteiger charge is -2.02. The van der Waals surface area contributed by atoms with Gasteiger partial charge < -0.3 is 4.74 Å². The lowest BCUT2D eigenvalue weighted by molar-refractivity contribution is 0.388. The third-order valence-electron chi connectivity index (χ3n) is 1.35. The minimum absolute atomic E-state index is 0.472.